The van der Waals surface area contributed by atoms with E-state index in [1.807, 2.05) is 0 Å². The second-order valence-electron chi connectivity index (χ2n) is 2.73. The second-order valence-corrected chi connectivity index (χ2v) is 2.73. The van der Waals surface area contributed by atoms with E-state index in [0.29, 0.717) is 5.56 Å². The van der Waals surface area contributed by atoms with E-state index in [0.717, 1.165) is 5.56 Å². The zero-order valence-electron chi connectivity index (χ0n) is 6.84. The van der Waals surface area contributed by atoms with Crippen molar-refractivity contribution in [3.8, 4) is 5.75 Å². The van der Waals surface area contributed by atoms with Crippen molar-refractivity contribution in [3.63, 3.8) is 0 Å². The van der Waals surface area contributed by atoms with Gasteiger partial charge in [-0.25, -0.2) is 4.39 Å². The Labute approximate surface area is 70.3 Å². The van der Waals surface area contributed by atoms with E-state index < -0.39 is 5.82 Å². The van der Waals surface area contributed by atoms with Crippen molar-refractivity contribution < 1.29 is 14.6 Å². The average molecular weight is 170 g/mol. The van der Waals surface area contributed by atoms with E-state index >= 15 is 0 Å². The molecule has 0 radical (unpaired) electrons. The average Bonchev–Trinajstić information content (AvgIpc) is 2.00. The van der Waals surface area contributed by atoms with Crippen LogP contribution in [-0.4, -0.2) is 16.8 Å². The van der Waals surface area contributed by atoms with Crippen LogP contribution in [0, 0.1) is 12.7 Å². The Hall–Kier alpha value is -1.09. The molecular formula is C9H11FO2. The molecule has 0 saturated carbocycles. The minimum Gasteiger partial charge on any atom is -0.505 e. The number of aryl methyl sites for hydroxylation is 1. The highest BCUT2D eigenvalue weighted by Crippen LogP contribution is 2.21. The maximum absolute atomic E-state index is 13.0. The third-order valence-corrected chi connectivity index (χ3v) is 1.65. The lowest BCUT2D eigenvalue weighted by molar-refractivity contribution is 0.297. The van der Waals surface area contributed by atoms with Crippen LogP contribution in [0.5, 0.6) is 5.75 Å². The van der Waals surface area contributed by atoms with Crippen LogP contribution < -0.4 is 0 Å². The molecule has 1 rings (SSSR count). The van der Waals surface area contributed by atoms with Crippen molar-refractivity contribution in [2.24, 2.45) is 0 Å². The van der Waals surface area contributed by atoms with Gasteiger partial charge < -0.3 is 10.2 Å². The maximum Gasteiger partial charge on any atom is 0.168 e. The van der Waals surface area contributed by atoms with Crippen LogP contribution in [0.3, 0.4) is 0 Å². The highest BCUT2D eigenvalue weighted by Gasteiger charge is 2.07. The molecule has 2 N–H and O–H groups in total. The van der Waals surface area contributed by atoms with Gasteiger partial charge in [0.25, 0.3) is 0 Å². The molecule has 0 aliphatic heterocycles. The topological polar surface area (TPSA) is 40.5 Å². The molecule has 0 aromatic heterocycles. The molecule has 1 aromatic rings. The summed E-state index contributed by atoms with van der Waals surface area (Å²) in [5.74, 6) is -0.979. The van der Waals surface area contributed by atoms with Crippen LogP contribution in [0.4, 0.5) is 4.39 Å². The Morgan fingerprint density at radius 3 is 2.67 bits per heavy atom. The van der Waals surface area contributed by atoms with Gasteiger partial charge >= 0.3 is 0 Å². The predicted octanol–water partition coefficient (Wildman–Crippen LogP) is 1.37. The summed E-state index contributed by atoms with van der Waals surface area (Å²) in [7, 11) is 0. The monoisotopic (exact) mass is 170 g/mol. The third-order valence-electron chi connectivity index (χ3n) is 1.65. The van der Waals surface area contributed by atoms with Crippen LogP contribution in [0.2, 0.25) is 0 Å². The fourth-order valence-electron chi connectivity index (χ4n) is 1.13. The summed E-state index contributed by atoms with van der Waals surface area (Å²) < 4.78 is 13.0. The van der Waals surface area contributed by atoms with Crippen LogP contribution in [-0.2, 0) is 6.42 Å². The van der Waals surface area contributed by atoms with E-state index in [4.69, 9.17) is 10.2 Å². The van der Waals surface area contributed by atoms with Crippen molar-refractivity contribution in [1.29, 1.82) is 0 Å². The number of halogens is 1. The van der Waals surface area contributed by atoms with Gasteiger partial charge in [0.15, 0.2) is 11.6 Å². The van der Waals surface area contributed by atoms with Gasteiger partial charge in [-0.1, -0.05) is 6.07 Å². The first kappa shape index (κ1) is 9.00. The summed E-state index contributed by atoms with van der Waals surface area (Å²) in [5, 5.41) is 17.6. The summed E-state index contributed by atoms with van der Waals surface area (Å²) in [6, 6.07) is 2.97. The zero-order chi connectivity index (χ0) is 9.14. The molecule has 0 unspecified atom stereocenters. The van der Waals surface area contributed by atoms with E-state index in [-0.39, 0.29) is 18.8 Å². The predicted molar refractivity (Wildman–Crippen MR) is 43.6 cm³/mol. The smallest absolute Gasteiger partial charge is 0.168 e. The SMILES string of the molecule is Cc1cc(O)c(F)c(CCO)c1. The van der Waals surface area contributed by atoms with Gasteiger partial charge in [0.1, 0.15) is 0 Å². The summed E-state index contributed by atoms with van der Waals surface area (Å²) >= 11 is 0. The van der Waals surface area contributed by atoms with Gasteiger partial charge in [0.2, 0.25) is 0 Å². The molecule has 3 heteroatoms. The third kappa shape index (κ3) is 1.74. The van der Waals surface area contributed by atoms with E-state index in [9.17, 15) is 4.39 Å². The van der Waals surface area contributed by atoms with Gasteiger partial charge in [-0.15, -0.1) is 0 Å². The van der Waals surface area contributed by atoms with Crippen LogP contribution >= 0.6 is 0 Å². The Kier molecular flexibility index (Phi) is 2.65. The number of hydrogen-bond donors (Lipinski definition) is 2. The second kappa shape index (κ2) is 3.54. The summed E-state index contributed by atoms with van der Waals surface area (Å²) in [6.07, 6.45) is 0.237. The van der Waals surface area contributed by atoms with Gasteiger partial charge in [-0.05, 0) is 30.5 Å². The molecule has 0 saturated heterocycles. The molecular weight excluding hydrogens is 159 g/mol. The van der Waals surface area contributed by atoms with E-state index in [2.05, 4.69) is 0 Å². The van der Waals surface area contributed by atoms with Gasteiger partial charge in [-0.2, -0.15) is 0 Å². The molecule has 0 bridgehead atoms. The molecule has 0 atom stereocenters. The number of aliphatic hydroxyl groups excluding tert-OH is 1. The van der Waals surface area contributed by atoms with Crippen molar-refractivity contribution in [2.45, 2.75) is 13.3 Å². The number of benzene rings is 1. The maximum atomic E-state index is 13.0. The van der Waals surface area contributed by atoms with Gasteiger partial charge in [0, 0.05) is 6.61 Å². The van der Waals surface area contributed by atoms with Crippen LogP contribution in [0.25, 0.3) is 0 Å². The van der Waals surface area contributed by atoms with Crippen LogP contribution in [0.15, 0.2) is 12.1 Å². The number of phenolic OH excluding ortho intramolecular Hbond substituents is 1. The Morgan fingerprint density at radius 2 is 2.08 bits per heavy atom. The normalized spacial score (nSPS) is 10.2. The van der Waals surface area contributed by atoms with E-state index in [1.54, 1.807) is 13.0 Å². The highest BCUT2D eigenvalue weighted by molar-refractivity contribution is 5.34. The Bertz CT molecular complexity index is 284. The molecule has 0 spiro atoms. The first-order chi connectivity index (χ1) is 5.65. The molecule has 66 valence electrons. The summed E-state index contributed by atoms with van der Waals surface area (Å²) in [4.78, 5) is 0. The number of rotatable bonds is 2. The first-order valence-corrected chi connectivity index (χ1v) is 3.74. The van der Waals surface area contributed by atoms with Crippen LogP contribution in [0.1, 0.15) is 11.1 Å². The standard InChI is InChI=1S/C9H11FO2/c1-6-4-7(2-3-11)9(10)8(12)5-6/h4-5,11-12H,2-3H2,1H3. The first-order valence-electron chi connectivity index (χ1n) is 3.74. The molecule has 2 nitrogen and oxygen atoms in total. The lowest BCUT2D eigenvalue weighted by Crippen LogP contribution is -1.95. The molecule has 0 fully saturated rings. The quantitative estimate of drug-likeness (QED) is 0.703. The zero-order valence-corrected chi connectivity index (χ0v) is 6.84. The van der Waals surface area contributed by atoms with E-state index in [1.165, 1.54) is 6.07 Å². The molecule has 0 aliphatic rings. The number of hydrogen-bond acceptors (Lipinski definition) is 2. The minimum atomic E-state index is -0.630. The fourth-order valence-corrected chi connectivity index (χ4v) is 1.13. The number of aromatic hydroxyl groups is 1. The molecule has 12 heavy (non-hydrogen) atoms. The lowest BCUT2D eigenvalue weighted by Gasteiger charge is -2.04. The molecule has 0 amide bonds. The Morgan fingerprint density at radius 1 is 1.42 bits per heavy atom. The van der Waals surface area contributed by atoms with Gasteiger partial charge in [-0.3, -0.25) is 0 Å². The van der Waals surface area contributed by atoms with Crippen molar-refractivity contribution in [3.05, 3.63) is 29.1 Å². The largest absolute Gasteiger partial charge is 0.505 e. The number of aliphatic hydroxyl groups is 1. The fraction of sp³-hybridized carbons (Fsp3) is 0.333. The summed E-state index contributed by atoms with van der Waals surface area (Å²) in [6.45, 7) is 1.65. The Balaban J connectivity index is 3.09. The highest BCUT2D eigenvalue weighted by atomic mass is 19.1. The minimum absolute atomic E-state index is 0.111. The van der Waals surface area contributed by atoms with Crippen molar-refractivity contribution in [2.75, 3.05) is 6.61 Å². The molecule has 1 aromatic carbocycles. The lowest BCUT2D eigenvalue weighted by atomic mass is 10.1. The van der Waals surface area contributed by atoms with Gasteiger partial charge in [0.05, 0.1) is 0 Å². The number of phenols is 1. The molecule has 0 heterocycles. The summed E-state index contributed by atoms with van der Waals surface area (Å²) in [5.41, 5.74) is 1.15. The van der Waals surface area contributed by atoms with Crippen molar-refractivity contribution in [1.82, 2.24) is 0 Å². The molecule has 0 aliphatic carbocycles. The van der Waals surface area contributed by atoms with Crippen molar-refractivity contribution >= 4 is 0 Å².